The zero-order chi connectivity index (χ0) is 18.4. The van der Waals surface area contributed by atoms with Gasteiger partial charge in [0.2, 0.25) is 0 Å². The second kappa shape index (κ2) is 8.31. The highest BCUT2D eigenvalue weighted by Crippen LogP contribution is 2.24. The zero-order valence-electron chi connectivity index (χ0n) is 15.1. The number of benzene rings is 1. The molecule has 1 aromatic carbocycles. The van der Waals surface area contributed by atoms with E-state index in [2.05, 4.69) is 15.0 Å². The lowest BCUT2D eigenvalue weighted by Gasteiger charge is -2.14. The van der Waals surface area contributed by atoms with E-state index >= 15 is 0 Å². The van der Waals surface area contributed by atoms with E-state index in [4.69, 9.17) is 4.74 Å². The maximum absolute atomic E-state index is 12.7. The molecule has 136 valence electrons. The number of hydrogen-bond donors (Lipinski definition) is 2. The molecule has 0 bridgehead atoms. The number of aromatic nitrogens is 1. The van der Waals surface area contributed by atoms with Gasteiger partial charge < -0.3 is 10.1 Å². The Morgan fingerprint density at radius 2 is 1.80 bits per heavy atom. The predicted octanol–water partition coefficient (Wildman–Crippen LogP) is 3.26. The molecular weight excluding hydrogens is 338 g/mol. The first-order valence-electron chi connectivity index (χ1n) is 8.13. The number of rotatable bonds is 8. The quantitative estimate of drug-likeness (QED) is 0.704. The van der Waals surface area contributed by atoms with Gasteiger partial charge in [0.15, 0.2) is 0 Å². The number of hydrogen-bond acceptors (Lipinski definition) is 5. The molecular formula is C18H25N3O3S. The van der Waals surface area contributed by atoms with E-state index < -0.39 is 10.0 Å². The smallest absolute Gasteiger partial charge is 0.263 e. The molecule has 0 unspecified atom stereocenters. The van der Waals surface area contributed by atoms with Crippen molar-refractivity contribution in [2.24, 2.45) is 0 Å². The van der Waals surface area contributed by atoms with E-state index in [0.717, 1.165) is 35.3 Å². The van der Waals surface area contributed by atoms with Crippen molar-refractivity contribution < 1.29 is 13.2 Å². The van der Waals surface area contributed by atoms with Crippen LogP contribution in [0.4, 0.5) is 11.5 Å². The third kappa shape index (κ3) is 5.17. The van der Waals surface area contributed by atoms with Crippen LogP contribution >= 0.6 is 0 Å². The van der Waals surface area contributed by atoms with Gasteiger partial charge >= 0.3 is 0 Å². The van der Waals surface area contributed by atoms with Gasteiger partial charge in [0.05, 0.1) is 16.8 Å². The normalized spacial score (nSPS) is 11.4. The van der Waals surface area contributed by atoms with Gasteiger partial charge in [-0.2, -0.15) is 0 Å². The van der Waals surface area contributed by atoms with Crippen molar-refractivity contribution in [1.29, 1.82) is 0 Å². The third-order valence-electron chi connectivity index (χ3n) is 3.73. The van der Waals surface area contributed by atoms with Crippen LogP contribution in [0.3, 0.4) is 0 Å². The molecule has 6 nitrogen and oxygen atoms in total. The average Bonchev–Trinajstić information content (AvgIpc) is 2.51. The van der Waals surface area contributed by atoms with Crippen LogP contribution in [0, 0.1) is 20.8 Å². The van der Waals surface area contributed by atoms with Gasteiger partial charge in [0.25, 0.3) is 10.0 Å². The summed E-state index contributed by atoms with van der Waals surface area (Å²) in [5.74, 6) is 0.293. The Balaban J connectivity index is 2.11. The summed E-state index contributed by atoms with van der Waals surface area (Å²) in [6.07, 6.45) is 2.50. The number of methoxy groups -OCH3 is 1. The minimum atomic E-state index is -3.68. The first-order valence-corrected chi connectivity index (χ1v) is 9.61. The van der Waals surface area contributed by atoms with Crippen LogP contribution in [0.25, 0.3) is 0 Å². The highest BCUT2D eigenvalue weighted by Gasteiger charge is 2.20. The van der Waals surface area contributed by atoms with E-state index in [0.29, 0.717) is 17.3 Å². The molecule has 0 atom stereocenters. The molecule has 2 aromatic rings. The Hall–Kier alpha value is -2.12. The van der Waals surface area contributed by atoms with Crippen molar-refractivity contribution in [2.45, 2.75) is 32.1 Å². The number of aryl methyl sites for hydroxylation is 3. The molecule has 25 heavy (non-hydrogen) atoms. The van der Waals surface area contributed by atoms with Crippen LogP contribution in [-0.4, -0.2) is 33.7 Å². The largest absolute Gasteiger partial charge is 0.385 e. The molecule has 0 fully saturated rings. The highest BCUT2D eigenvalue weighted by atomic mass is 32.2. The number of anilines is 2. The van der Waals surface area contributed by atoms with Crippen LogP contribution in [0.2, 0.25) is 0 Å². The fourth-order valence-electron chi connectivity index (χ4n) is 2.79. The number of pyridine rings is 1. The molecule has 2 N–H and O–H groups in total. The van der Waals surface area contributed by atoms with E-state index in [1.54, 1.807) is 39.3 Å². The average molecular weight is 363 g/mol. The summed E-state index contributed by atoms with van der Waals surface area (Å²) in [7, 11) is -2.01. The fourth-order valence-corrected chi connectivity index (χ4v) is 4.25. The molecule has 0 aliphatic rings. The molecule has 2 rings (SSSR count). The zero-order valence-corrected chi connectivity index (χ0v) is 15.9. The number of ether oxygens (including phenoxy) is 1. The van der Waals surface area contributed by atoms with E-state index in [1.165, 1.54) is 0 Å². The lowest BCUT2D eigenvalue weighted by molar-refractivity contribution is 0.198. The van der Waals surface area contributed by atoms with Crippen LogP contribution in [0.15, 0.2) is 35.4 Å². The van der Waals surface area contributed by atoms with E-state index in [-0.39, 0.29) is 0 Å². The number of nitrogens with one attached hydrogen (secondary N) is 2. The van der Waals surface area contributed by atoms with Crippen molar-refractivity contribution in [1.82, 2.24) is 4.98 Å². The second-order valence-corrected chi connectivity index (χ2v) is 7.66. The molecule has 1 heterocycles. The lowest BCUT2D eigenvalue weighted by Crippen LogP contribution is -2.16. The molecule has 0 saturated carbocycles. The first-order chi connectivity index (χ1) is 11.8. The van der Waals surface area contributed by atoms with Gasteiger partial charge in [-0.15, -0.1) is 0 Å². The molecule has 0 aliphatic carbocycles. The van der Waals surface area contributed by atoms with Gasteiger partial charge in [0, 0.05) is 20.3 Å². The third-order valence-corrected chi connectivity index (χ3v) is 5.39. The summed E-state index contributed by atoms with van der Waals surface area (Å²) < 4.78 is 32.9. The molecule has 0 aliphatic heterocycles. The Labute approximate surface area is 149 Å². The predicted molar refractivity (Wildman–Crippen MR) is 101 cm³/mol. The van der Waals surface area contributed by atoms with Gasteiger partial charge in [-0.05, 0) is 50.5 Å². The summed E-state index contributed by atoms with van der Waals surface area (Å²) >= 11 is 0. The molecule has 0 amide bonds. The van der Waals surface area contributed by atoms with Gasteiger partial charge in [-0.25, -0.2) is 13.4 Å². The van der Waals surface area contributed by atoms with Gasteiger partial charge in [0.1, 0.15) is 5.82 Å². The number of sulfonamides is 1. The highest BCUT2D eigenvalue weighted by molar-refractivity contribution is 7.92. The van der Waals surface area contributed by atoms with Crippen molar-refractivity contribution in [3.63, 3.8) is 0 Å². The summed E-state index contributed by atoms with van der Waals surface area (Å²) in [6.45, 7) is 7.00. The van der Waals surface area contributed by atoms with E-state index in [1.807, 2.05) is 19.1 Å². The van der Waals surface area contributed by atoms with Crippen LogP contribution in [0.1, 0.15) is 23.1 Å². The van der Waals surface area contributed by atoms with Gasteiger partial charge in [-0.3, -0.25) is 4.72 Å². The Morgan fingerprint density at radius 1 is 1.12 bits per heavy atom. The molecule has 0 radical (unpaired) electrons. The summed E-state index contributed by atoms with van der Waals surface area (Å²) in [4.78, 5) is 4.49. The molecule has 1 aromatic heterocycles. The minimum Gasteiger partial charge on any atom is -0.385 e. The Morgan fingerprint density at radius 3 is 2.36 bits per heavy atom. The van der Waals surface area contributed by atoms with Gasteiger partial charge in [-0.1, -0.05) is 17.7 Å². The molecule has 0 saturated heterocycles. The Bertz CT molecular complexity index is 795. The number of nitrogens with zero attached hydrogens (tertiary/aromatic N) is 1. The minimum absolute atomic E-state index is 0.293. The Kier molecular flexibility index (Phi) is 6.39. The van der Waals surface area contributed by atoms with Crippen LogP contribution in [-0.2, 0) is 14.8 Å². The molecule has 7 heteroatoms. The standard InChI is InChI=1S/C18H25N3O3S/c1-13-10-14(2)18(15(3)11-13)25(22,23)21-17-7-6-16(12-20-17)19-8-5-9-24-4/h6-7,10-12,19H,5,8-9H2,1-4H3,(H,20,21). The summed E-state index contributed by atoms with van der Waals surface area (Å²) in [5, 5.41) is 3.21. The SMILES string of the molecule is COCCCNc1ccc(NS(=O)(=O)c2c(C)cc(C)cc2C)nc1. The summed E-state index contributed by atoms with van der Waals surface area (Å²) in [5.41, 5.74) is 3.32. The lowest BCUT2D eigenvalue weighted by atomic mass is 10.1. The molecule has 0 spiro atoms. The maximum atomic E-state index is 12.7. The van der Waals surface area contributed by atoms with Crippen LogP contribution in [0.5, 0.6) is 0 Å². The van der Waals surface area contributed by atoms with Crippen molar-refractivity contribution in [3.8, 4) is 0 Å². The van der Waals surface area contributed by atoms with Crippen molar-refractivity contribution in [3.05, 3.63) is 47.2 Å². The van der Waals surface area contributed by atoms with Crippen molar-refractivity contribution >= 4 is 21.5 Å². The topological polar surface area (TPSA) is 80.3 Å². The first kappa shape index (κ1) is 19.2. The monoisotopic (exact) mass is 363 g/mol. The van der Waals surface area contributed by atoms with Crippen molar-refractivity contribution in [2.75, 3.05) is 30.3 Å². The summed E-state index contributed by atoms with van der Waals surface area (Å²) in [6, 6.07) is 7.17. The second-order valence-electron chi connectivity index (χ2n) is 6.04. The van der Waals surface area contributed by atoms with Crippen LogP contribution < -0.4 is 10.0 Å². The fraction of sp³-hybridized carbons (Fsp3) is 0.389. The maximum Gasteiger partial charge on any atom is 0.263 e. The van der Waals surface area contributed by atoms with E-state index in [9.17, 15) is 8.42 Å².